The van der Waals surface area contributed by atoms with Gasteiger partial charge in [0.1, 0.15) is 12.2 Å². The number of benzene rings is 1. The molecule has 1 aromatic heterocycles. The van der Waals surface area contributed by atoms with Crippen LogP contribution < -0.4 is 4.74 Å². The predicted octanol–water partition coefficient (Wildman–Crippen LogP) is 3.04. The first-order chi connectivity index (χ1) is 8.15. The number of fused-ring (bicyclic) bond motifs is 1. The van der Waals surface area contributed by atoms with E-state index in [0.717, 1.165) is 15.4 Å². The summed E-state index contributed by atoms with van der Waals surface area (Å²) in [6.45, 7) is 0. The minimum atomic E-state index is -0.209. The second-order valence-corrected chi connectivity index (χ2v) is 4.37. The van der Waals surface area contributed by atoms with E-state index in [4.69, 9.17) is 10.00 Å². The molecule has 0 aliphatic heterocycles. The number of ether oxygens (including phenoxy) is 1. The normalized spacial score (nSPS) is 10.2. The maximum Gasteiger partial charge on any atom is 0.193 e. The molecule has 0 bridgehead atoms. The highest BCUT2D eigenvalue weighted by Crippen LogP contribution is 2.30. The van der Waals surface area contributed by atoms with E-state index in [1.807, 2.05) is 18.2 Å². The molecule has 0 atom stereocenters. The van der Waals surface area contributed by atoms with Crippen molar-refractivity contribution in [2.75, 3.05) is 7.11 Å². The molecule has 86 valence electrons. The van der Waals surface area contributed by atoms with Gasteiger partial charge in [0.25, 0.3) is 0 Å². The van der Waals surface area contributed by atoms with E-state index in [-0.39, 0.29) is 12.2 Å². The van der Waals surface area contributed by atoms with Crippen LogP contribution in [0.1, 0.15) is 16.9 Å². The van der Waals surface area contributed by atoms with Gasteiger partial charge in [0.15, 0.2) is 5.78 Å². The molecule has 0 fully saturated rings. The lowest BCUT2D eigenvalue weighted by molar-refractivity contribution is 0.0994. The van der Waals surface area contributed by atoms with E-state index >= 15 is 0 Å². The summed E-state index contributed by atoms with van der Waals surface area (Å²) < 4.78 is 5.99. The predicted molar refractivity (Wildman–Crippen MR) is 67.1 cm³/mol. The zero-order chi connectivity index (χ0) is 12.4. The first kappa shape index (κ1) is 11.7. The van der Waals surface area contributed by atoms with Crippen LogP contribution in [0.4, 0.5) is 0 Å². The molecule has 0 radical (unpaired) electrons. The monoisotopic (exact) mass is 292 g/mol. The number of nitrogens with one attached hydrogen (secondary N) is 1. The second kappa shape index (κ2) is 4.60. The number of halogens is 1. The lowest BCUT2D eigenvalue weighted by Crippen LogP contribution is -1.96. The smallest absolute Gasteiger partial charge is 0.193 e. The van der Waals surface area contributed by atoms with Gasteiger partial charge in [0, 0.05) is 10.9 Å². The van der Waals surface area contributed by atoms with Gasteiger partial charge in [0.05, 0.1) is 23.3 Å². The highest BCUT2D eigenvalue weighted by Gasteiger charge is 2.11. The molecule has 4 nitrogen and oxygen atoms in total. The third-order valence-corrected chi connectivity index (χ3v) is 3.05. The molecule has 0 amide bonds. The topological polar surface area (TPSA) is 65.9 Å². The van der Waals surface area contributed by atoms with Gasteiger partial charge in [-0.3, -0.25) is 4.79 Å². The number of carbonyl (C=O) groups is 1. The van der Waals surface area contributed by atoms with Crippen molar-refractivity contribution < 1.29 is 9.53 Å². The second-order valence-electron chi connectivity index (χ2n) is 3.52. The average molecular weight is 293 g/mol. The number of ketones is 1. The summed E-state index contributed by atoms with van der Waals surface area (Å²) in [5, 5.41) is 9.37. The van der Waals surface area contributed by atoms with Crippen LogP contribution in [0.15, 0.2) is 22.7 Å². The number of Topliss-reactive ketones (excluding diaryl/α,β-unsaturated/α-hetero) is 1. The van der Waals surface area contributed by atoms with Crippen LogP contribution in [-0.4, -0.2) is 17.9 Å². The van der Waals surface area contributed by atoms with E-state index < -0.39 is 0 Å². The van der Waals surface area contributed by atoms with Crippen molar-refractivity contribution in [3.8, 4) is 11.8 Å². The van der Waals surface area contributed by atoms with Crippen molar-refractivity contribution in [2.45, 2.75) is 6.42 Å². The summed E-state index contributed by atoms with van der Waals surface area (Å²) >= 11 is 3.37. The molecule has 0 aliphatic rings. The highest BCUT2D eigenvalue weighted by molar-refractivity contribution is 9.10. The Balaban J connectivity index is 2.51. The summed E-state index contributed by atoms with van der Waals surface area (Å²) in [6, 6.07) is 7.24. The number of nitriles is 1. The fraction of sp³-hybridized carbons (Fsp3) is 0.167. The zero-order valence-corrected chi connectivity index (χ0v) is 10.7. The Morgan fingerprint density at radius 3 is 2.94 bits per heavy atom. The van der Waals surface area contributed by atoms with E-state index in [9.17, 15) is 4.79 Å². The molecule has 2 rings (SSSR count). The van der Waals surface area contributed by atoms with Gasteiger partial charge in [-0.1, -0.05) is 0 Å². The van der Waals surface area contributed by atoms with Crippen LogP contribution in [0.25, 0.3) is 10.9 Å². The van der Waals surface area contributed by atoms with Crippen LogP contribution in [0, 0.1) is 11.3 Å². The fourth-order valence-corrected chi connectivity index (χ4v) is 2.11. The molecular weight excluding hydrogens is 284 g/mol. The Morgan fingerprint density at radius 2 is 2.29 bits per heavy atom. The SMILES string of the molecule is COc1cc2cc(C(=O)CC#N)[nH]c2cc1Br. The lowest BCUT2D eigenvalue weighted by atomic mass is 10.2. The molecule has 5 heteroatoms. The molecule has 0 saturated carbocycles. The van der Waals surface area contributed by atoms with Gasteiger partial charge < -0.3 is 9.72 Å². The molecule has 1 aromatic carbocycles. The summed E-state index contributed by atoms with van der Waals surface area (Å²) in [5.74, 6) is 0.495. The van der Waals surface area contributed by atoms with Gasteiger partial charge >= 0.3 is 0 Å². The minimum absolute atomic E-state index is 0.120. The Hall–Kier alpha value is -1.80. The number of rotatable bonds is 3. The Morgan fingerprint density at radius 1 is 1.53 bits per heavy atom. The van der Waals surface area contributed by atoms with Crippen molar-refractivity contribution in [3.05, 3.63) is 28.4 Å². The third kappa shape index (κ3) is 2.17. The maximum absolute atomic E-state index is 11.6. The first-order valence-electron chi connectivity index (χ1n) is 4.92. The zero-order valence-electron chi connectivity index (χ0n) is 9.08. The third-order valence-electron chi connectivity index (χ3n) is 2.43. The summed E-state index contributed by atoms with van der Waals surface area (Å²) in [6.07, 6.45) is -0.120. The van der Waals surface area contributed by atoms with Crippen LogP contribution in [-0.2, 0) is 0 Å². The molecule has 0 saturated heterocycles. The van der Waals surface area contributed by atoms with E-state index in [1.165, 1.54) is 0 Å². The molecule has 1 N–H and O–H groups in total. The standard InChI is InChI=1S/C12H9BrN2O2/c1-17-12-5-7-4-10(11(16)2-3-14)15-9(7)6-8(12)13/h4-6,15H,2H2,1H3. The average Bonchev–Trinajstić information content (AvgIpc) is 2.71. The van der Waals surface area contributed by atoms with Crippen LogP contribution in [0.2, 0.25) is 0 Å². The van der Waals surface area contributed by atoms with Gasteiger partial charge in [-0.25, -0.2) is 0 Å². The number of H-pyrrole nitrogens is 1. The fourth-order valence-electron chi connectivity index (χ4n) is 1.61. The summed E-state index contributed by atoms with van der Waals surface area (Å²) in [5.41, 5.74) is 1.28. The lowest BCUT2D eigenvalue weighted by Gasteiger charge is -2.02. The van der Waals surface area contributed by atoms with Crippen LogP contribution in [0.5, 0.6) is 5.75 Å². The number of hydrogen-bond donors (Lipinski definition) is 1. The molecule has 0 aliphatic carbocycles. The first-order valence-corrected chi connectivity index (χ1v) is 5.71. The van der Waals surface area contributed by atoms with Gasteiger partial charge in [-0.2, -0.15) is 5.26 Å². The number of carbonyl (C=O) groups excluding carboxylic acids is 1. The van der Waals surface area contributed by atoms with Gasteiger partial charge in [0.2, 0.25) is 0 Å². The number of nitrogens with zero attached hydrogens (tertiary/aromatic N) is 1. The Bertz CT molecular complexity index is 625. The van der Waals surface area contributed by atoms with Crippen molar-refractivity contribution in [3.63, 3.8) is 0 Å². The van der Waals surface area contributed by atoms with E-state index in [1.54, 1.807) is 13.2 Å². The maximum atomic E-state index is 11.6. The van der Waals surface area contributed by atoms with E-state index in [0.29, 0.717) is 11.4 Å². The van der Waals surface area contributed by atoms with E-state index in [2.05, 4.69) is 20.9 Å². The number of aromatic amines is 1. The largest absolute Gasteiger partial charge is 0.496 e. The molecule has 2 aromatic rings. The molecule has 0 spiro atoms. The van der Waals surface area contributed by atoms with Crippen LogP contribution >= 0.6 is 15.9 Å². The van der Waals surface area contributed by atoms with Crippen molar-refractivity contribution in [1.82, 2.24) is 4.98 Å². The van der Waals surface area contributed by atoms with Crippen molar-refractivity contribution >= 4 is 32.6 Å². The van der Waals surface area contributed by atoms with Crippen molar-refractivity contribution in [1.29, 1.82) is 5.26 Å². The highest BCUT2D eigenvalue weighted by atomic mass is 79.9. The molecule has 17 heavy (non-hydrogen) atoms. The Labute approximate surface area is 106 Å². The minimum Gasteiger partial charge on any atom is -0.496 e. The van der Waals surface area contributed by atoms with Crippen LogP contribution in [0.3, 0.4) is 0 Å². The molecule has 1 heterocycles. The molecular formula is C12H9BrN2O2. The number of hydrogen-bond acceptors (Lipinski definition) is 3. The molecule has 0 unspecified atom stereocenters. The quantitative estimate of drug-likeness (QED) is 0.884. The Kier molecular flexibility index (Phi) is 3.16. The van der Waals surface area contributed by atoms with Gasteiger partial charge in [-0.05, 0) is 34.1 Å². The summed E-state index contributed by atoms with van der Waals surface area (Å²) in [7, 11) is 1.58. The van der Waals surface area contributed by atoms with Gasteiger partial charge in [-0.15, -0.1) is 0 Å². The van der Waals surface area contributed by atoms with Crippen molar-refractivity contribution in [2.24, 2.45) is 0 Å². The number of aromatic nitrogens is 1. The number of methoxy groups -OCH3 is 1. The summed E-state index contributed by atoms with van der Waals surface area (Å²) in [4.78, 5) is 14.5.